The number of benzene rings is 1. The number of amides is 1. The van der Waals surface area contributed by atoms with Crippen LogP contribution < -0.4 is 10.1 Å². The zero-order valence-electron chi connectivity index (χ0n) is 13.7. The number of hydrogen-bond acceptors (Lipinski definition) is 4. The molecule has 0 bridgehead atoms. The van der Waals surface area contributed by atoms with Gasteiger partial charge in [-0.25, -0.2) is 0 Å². The van der Waals surface area contributed by atoms with Crippen LogP contribution in [0.1, 0.15) is 17.5 Å². The molecule has 1 heterocycles. The molecule has 0 saturated carbocycles. The molecule has 1 unspecified atom stereocenters. The van der Waals surface area contributed by atoms with E-state index in [1.54, 1.807) is 4.90 Å². The van der Waals surface area contributed by atoms with Crippen LogP contribution in [0, 0.1) is 13.8 Å². The van der Waals surface area contributed by atoms with Crippen molar-refractivity contribution in [2.45, 2.75) is 26.3 Å². The van der Waals surface area contributed by atoms with Gasteiger partial charge in [-0.15, -0.1) is 0 Å². The largest absolute Gasteiger partial charge is 0.491 e. The van der Waals surface area contributed by atoms with Gasteiger partial charge in [0.05, 0.1) is 19.8 Å². The molecule has 22 heavy (non-hydrogen) atoms. The van der Waals surface area contributed by atoms with Crippen LogP contribution in [0.2, 0.25) is 0 Å². The van der Waals surface area contributed by atoms with Gasteiger partial charge in [0.15, 0.2) is 0 Å². The predicted molar refractivity (Wildman–Crippen MR) is 86.3 cm³/mol. The second-order valence-electron chi connectivity index (χ2n) is 5.86. The zero-order chi connectivity index (χ0) is 15.9. The summed E-state index contributed by atoms with van der Waals surface area (Å²) in [5.41, 5.74) is 2.29. The molecule has 1 N–H and O–H groups in total. The minimum Gasteiger partial charge on any atom is -0.491 e. The Bertz CT molecular complexity index is 499. The number of carbonyl (C=O) groups is 1. The van der Waals surface area contributed by atoms with E-state index in [4.69, 9.17) is 9.47 Å². The van der Waals surface area contributed by atoms with Crippen molar-refractivity contribution in [3.05, 3.63) is 29.3 Å². The van der Waals surface area contributed by atoms with Crippen molar-refractivity contribution in [1.82, 2.24) is 10.2 Å². The first-order valence-electron chi connectivity index (χ1n) is 7.81. The third-order valence-electron chi connectivity index (χ3n) is 3.87. The maximum atomic E-state index is 12.1. The molecule has 2 rings (SSSR count). The summed E-state index contributed by atoms with van der Waals surface area (Å²) in [6, 6.07) is 6.27. The maximum absolute atomic E-state index is 12.1. The normalized spacial score (nSPS) is 18.0. The summed E-state index contributed by atoms with van der Waals surface area (Å²) in [7, 11) is 1.82. The van der Waals surface area contributed by atoms with Crippen LogP contribution in [0.4, 0.5) is 0 Å². The van der Waals surface area contributed by atoms with E-state index in [-0.39, 0.29) is 11.9 Å². The molecule has 1 aliphatic rings. The molecular weight excluding hydrogens is 280 g/mol. The Morgan fingerprint density at radius 3 is 3.00 bits per heavy atom. The van der Waals surface area contributed by atoms with Crippen LogP contribution >= 0.6 is 0 Å². The lowest BCUT2D eigenvalue weighted by Gasteiger charge is -2.25. The highest BCUT2D eigenvalue weighted by Crippen LogP contribution is 2.18. The van der Waals surface area contributed by atoms with Crippen molar-refractivity contribution in [1.29, 1.82) is 0 Å². The fraction of sp³-hybridized carbons (Fsp3) is 0.588. The summed E-state index contributed by atoms with van der Waals surface area (Å²) in [6.45, 7) is 7.31. The number of nitrogens with one attached hydrogen (secondary N) is 1. The highest BCUT2D eigenvalue weighted by Gasteiger charge is 2.19. The van der Waals surface area contributed by atoms with Crippen LogP contribution in [0.15, 0.2) is 18.2 Å². The molecule has 1 aromatic carbocycles. The van der Waals surface area contributed by atoms with E-state index >= 15 is 0 Å². The highest BCUT2D eigenvalue weighted by molar-refractivity contribution is 5.76. The van der Waals surface area contributed by atoms with Crippen molar-refractivity contribution in [2.75, 3.05) is 40.0 Å². The van der Waals surface area contributed by atoms with E-state index in [0.717, 1.165) is 24.5 Å². The number of hydrogen-bond donors (Lipinski definition) is 1. The molecule has 122 valence electrons. The number of aryl methyl sites for hydroxylation is 2. The van der Waals surface area contributed by atoms with Gasteiger partial charge in [0.1, 0.15) is 12.4 Å². The minimum absolute atomic E-state index is 0.118. The van der Waals surface area contributed by atoms with Gasteiger partial charge in [0, 0.05) is 26.1 Å². The first-order valence-corrected chi connectivity index (χ1v) is 7.81. The number of rotatable bonds is 6. The molecular formula is C17H26N2O3. The summed E-state index contributed by atoms with van der Waals surface area (Å²) < 4.78 is 11.2. The van der Waals surface area contributed by atoms with Gasteiger partial charge in [-0.3, -0.25) is 4.79 Å². The van der Waals surface area contributed by atoms with Crippen LogP contribution in [-0.2, 0) is 9.53 Å². The fourth-order valence-corrected chi connectivity index (χ4v) is 2.40. The van der Waals surface area contributed by atoms with Gasteiger partial charge in [0.2, 0.25) is 5.91 Å². The Kier molecular flexibility index (Phi) is 6.21. The van der Waals surface area contributed by atoms with E-state index in [1.165, 1.54) is 5.56 Å². The monoisotopic (exact) mass is 306 g/mol. The zero-order valence-corrected chi connectivity index (χ0v) is 13.7. The third kappa shape index (κ3) is 5.00. The second-order valence-corrected chi connectivity index (χ2v) is 5.86. The molecule has 1 saturated heterocycles. The molecule has 0 aliphatic carbocycles. The number of nitrogens with zero attached hydrogens (tertiary/aromatic N) is 1. The van der Waals surface area contributed by atoms with Crippen molar-refractivity contribution in [3.63, 3.8) is 0 Å². The molecule has 0 spiro atoms. The van der Waals surface area contributed by atoms with Gasteiger partial charge in [-0.05, 0) is 31.0 Å². The Labute approximate surface area is 132 Å². The topological polar surface area (TPSA) is 50.8 Å². The summed E-state index contributed by atoms with van der Waals surface area (Å²) in [5, 5.41) is 3.30. The molecule has 0 aromatic heterocycles. The van der Waals surface area contributed by atoms with E-state index in [0.29, 0.717) is 26.2 Å². The van der Waals surface area contributed by atoms with E-state index in [1.807, 2.05) is 33.0 Å². The van der Waals surface area contributed by atoms with E-state index in [9.17, 15) is 4.79 Å². The van der Waals surface area contributed by atoms with Crippen molar-refractivity contribution in [2.24, 2.45) is 0 Å². The lowest BCUT2D eigenvalue weighted by molar-refractivity contribution is -0.131. The van der Waals surface area contributed by atoms with Gasteiger partial charge in [-0.1, -0.05) is 12.1 Å². The standard InChI is InChI=1S/C17H26N2O3/c1-13-4-5-14(2)16(10-13)22-9-7-19(3)17(20)11-15-12-21-8-6-18-15/h4-5,10,15,18H,6-9,11-12H2,1-3H3. The smallest absolute Gasteiger partial charge is 0.224 e. The Morgan fingerprint density at radius 1 is 1.45 bits per heavy atom. The number of morpholine rings is 1. The quantitative estimate of drug-likeness (QED) is 0.866. The molecule has 1 amide bonds. The second kappa shape index (κ2) is 8.15. The van der Waals surface area contributed by atoms with Gasteiger partial charge < -0.3 is 19.7 Å². The van der Waals surface area contributed by atoms with Gasteiger partial charge in [0.25, 0.3) is 0 Å². The Morgan fingerprint density at radius 2 is 2.27 bits per heavy atom. The summed E-state index contributed by atoms with van der Waals surface area (Å²) >= 11 is 0. The average Bonchev–Trinajstić information content (AvgIpc) is 2.51. The van der Waals surface area contributed by atoms with Gasteiger partial charge in [-0.2, -0.15) is 0 Å². The van der Waals surface area contributed by atoms with Crippen molar-refractivity contribution < 1.29 is 14.3 Å². The molecule has 1 aromatic rings. The van der Waals surface area contributed by atoms with Crippen LogP contribution in [0.25, 0.3) is 0 Å². The number of ether oxygens (including phenoxy) is 2. The summed E-state index contributed by atoms with van der Waals surface area (Å²) in [4.78, 5) is 13.9. The maximum Gasteiger partial charge on any atom is 0.224 e. The SMILES string of the molecule is Cc1ccc(C)c(OCCN(C)C(=O)CC2COCCN2)c1. The van der Waals surface area contributed by atoms with E-state index < -0.39 is 0 Å². The lowest BCUT2D eigenvalue weighted by Crippen LogP contribution is -2.45. The fourth-order valence-electron chi connectivity index (χ4n) is 2.40. The van der Waals surface area contributed by atoms with Crippen LogP contribution in [0.5, 0.6) is 5.75 Å². The van der Waals surface area contributed by atoms with Crippen molar-refractivity contribution in [3.8, 4) is 5.75 Å². The molecule has 1 atom stereocenters. The lowest BCUT2D eigenvalue weighted by atomic mass is 10.1. The Hall–Kier alpha value is -1.59. The molecule has 0 radical (unpaired) electrons. The van der Waals surface area contributed by atoms with Gasteiger partial charge >= 0.3 is 0 Å². The molecule has 1 aliphatic heterocycles. The Balaban J connectivity index is 1.73. The van der Waals surface area contributed by atoms with Crippen LogP contribution in [0.3, 0.4) is 0 Å². The molecule has 1 fully saturated rings. The predicted octanol–water partition coefficient (Wildman–Crippen LogP) is 1.52. The first-order chi connectivity index (χ1) is 10.6. The molecule has 5 nitrogen and oxygen atoms in total. The van der Waals surface area contributed by atoms with Crippen LogP contribution in [-0.4, -0.2) is 56.8 Å². The highest BCUT2D eigenvalue weighted by atomic mass is 16.5. The molecule has 5 heteroatoms. The number of carbonyl (C=O) groups excluding carboxylic acids is 1. The number of likely N-dealkylation sites (N-methyl/N-ethyl adjacent to an activating group) is 1. The summed E-state index contributed by atoms with van der Waals surface area (Å²) in [6.07, 6.45) is 0.472. The van der Waals surface area contributed by atoms with E-state index in [2.05, 4.69) is 11.4 Å². The average molecular weight is 306 g/mol. The van der Waals surface area contributed by atoms with Crippen molar-refractivity contribution >= 4 is 5.91 Å². The summed E-state index contributed by atoms with van der Waals surface area (Å²) in [5.74, 6) is 1.01. The third-order valence-corrected chi connectivity index (χ3v) is 3.87. The first kappa shape index (κ1) is 16.8. The minimum atomic E-state index is 0.118.